The molecule has 0 unspecified atom stereocenters. The van der Waals surface area contributed by atoms with Gasteiger partial charge in [0, 0.05) is 0 Å². The molecule has 1 aliphatic rings. The van der Waals surface area contributed by atoms with Crippen LogP contribution in [0.25, 0.3) is 0 Å². The van der Waals surface area contributed by atoms with Crippen LogP contribution in [0, 0.1) is 5.92 Å². The van der Waals surface area contributed by atoms with Gasteiger partial charge in [-0.3, -0.25) is 4.79 Å². The standard InChI is InChI=1S/C14H15F3N2O5S/c1-2-24-11(22)9-10(6-3-4-7(20)8(21)5-6)18-12(25)19-13(9,23)14(15,16)17/h3-5,9-10,20-21,23H,2H2,1H3,(H2,18,19,25)/t9-,10-,13+/m1/s1. The highest BCUT2D eigenvalue weighted by Gasteiger charge is 2.66. The number of alkyl halides is 3. The molecular weight excluding hydrogens is 365 g/mol. The van der Waals surface area contributed by atoms with Crippen LogP contribution in [0.4, 0.5) is 13.2 Å². The van der Waals surface area contributed by atoms with Crippen LogP contribution in [0.5, 0.6) is 11.5 Å². The number of rotatable bonds is 3. The number of halogens is 3. The van der Waals surface area contributed by atoms with Crippen molar-refractivity contribution in [1.29, 1.82) is 0 Å². The number of hydrogen-bond acceptors (Lipinski definition) is 6. The van der Waals surface area contributed by atoms with E-state index < -0.39 is 46.4 Å². The Bertz CT molecular complexity index is 700. The average Bonchev–Trinajstić information content (AvgIpc) is 2.48. The van der Waals surface area contributed by atoms with Crippen LogP contribution in [0.1, 0.15) is 18.5 Å². The molecule has 5 N–H and O–H groups in total. The molecule has 3 atom stereocenters. The number of hydrogen-bond donors (Lipinski definition) is 5. The highest BCUT2D eigenvalue weighted by Crippen LogP contribution is 2.44. The quantitative estimate of drug-likeness (QED) is 0.301. The van der Waals surface area contributed by atoms with Gasteiger partial charge in [-0.15, -0.1) is 0 Å². The lowest BCUT2D eigenvalue weighted by molar-refractivity contribution is -0.292. The Morgan fingerprint density at radius 2 is 2.00 bits per heavy atom. The number of esters is 1. The molecule has 1 aromatic rings. The molecule has 0 aromatic heterocycles. The zero-order chi connectivity index (χ0) is 19.0. The van der Waals surface area contributed by atoms with E-state index in [4.69, 9.17) is 12.2 Å². The Kier molecular flexibility index (Phi) is 5.00. The lowest BCUT2D eigenvalue weighted by atomic mass is 9.82. The van der Waals surface area contributed by atoms with Crippen molar-refractivity contribution in [3.8, 4) is 11.5 Å². The molecule has 0 spiro atoms. The number of carbonyl (C=O) groups excluding carboxylic acids is 1. The lowest BCUT2D eigenvalue weighted by Crippen LogP contribution is -2.73. The predicted octanol–water partition coefficient (Wildman–Crippen LogP) is 1.05. The molecule has 11 heteroatoms. The molecule has 1 fully saturated rings. The van der Waals surface area contributed by atoms with Crippen LogP contribution in [0.2, 0.25) is 0 Å². The van der Waals surface area contributed by atoms with E-state index in [1.165, 1.54) is 13.0 Å². The molecule has 0 amide bonds. The zero-order valence-electron chi connectivity index (χ0n) is 12.8. The Morgan fingerprint density at radius 3 is 2.52 bits per heavy atom. The number of benzene rings is 1. The molecule has 1 saturated heterocycles. The van der Waals surface area contributed by atoms with Gasteiger partial charge in [0.05, 0.1) is 12.6 Å². The predicted molar refractivity (Wildman–Crippen MR) is 82.5 cm³/mol. The first-order chi connectivity index (χ1) is 11.5. The number of phenols is 2. The number of phenolic OH excluding ortho intramolecular Hbond substituents is 2. The van der Waals surface area contributed by atoms with Gasteiger partial charge in [0.1, 0.15) is 5.92 Å². The molecule has 1 aromatic carbocycles. The highest BCUT2D eigenvalue weighted by molar-refractivity contribution is 7.80. The third kappa shape index (κ3) is 3.42. The van der Waals surface area contributed by atoms with Gasteiger partial charge in [-0.25, -0.2) is 0 Å². The van der Waals surface area contributed by atoms with Gasteiger partial charge in [-0.2, -0.15) is 13.2 Å². The summed E-state index contributed by atoms with van der Waals surface area (Å²) in [4.78, 5) is 12.2. The highest BCUT2D eigenvalue weighted by atomic mass is 32.1. The van der Waals surface area contributed by atoms with Gasteiger partial charge in [0.15, 0.2) is 16.6 Å². The van der Waals surface area contributed by atoms with Crippen molar-refractivity contribution in [1.82, 2.24) is 10.6 Å². The fourth-order valence-corrected chi connectivity index (χ4v) is 2.83. The molecule has 0 radical (unpaired) electrons. The minimum Gasteiger partial charge on any atom is -0.504 e. The molecule has 1 aliphatic heterocycles. The van der Waals surface area contributed by atoms with E-state index in [1.54, 1.807) is 5.32 Å². The van der Waals surface area contributed by atoms with E-state index in [1.807, 2.05) is 0 Å². The monoisotopic (exact) mass is 380 g/mol. The SMILES string of the molecule is CCOC(=O)[C@H]1[C@@H](c2ccc(O)c(O)c2)NC(=S)N[C@@]1(O)C(F)(F)F. The lowest BCUT2D eigenvalue weighted by Gasteiger charge is -2.45. The molecular formula is C14H15F3N2O5S. The molecule has 7 nitrogen and oxygen atoms in total. The van der Waals surface area contributed by atoms with E-state index in [9.17, 15) is 33.3 Å². The van der Waals surface area contributed by atoms with Crippen molar-refractivity contribution in [2.75, 3.05) is 6.61 Å². The van der Waals surface area contributed by atoms with Gasteiger partial charge in [-0.05, 0) is 36.8 Å². The summed E-state index contributed by atoms with van der Waals surface area (Å²) >= 11 is 4.72. The molecule has 0 saturated carbocycles. The van der Waals surface area contributed by atoms with Gasteiger partial charge in [0.2, 0.25) is 0 Å². The third-order valence-corrected chi connectivity index (χ3v) is 3.93. The number of ether oxygens (including phenoxy) is 1. The molecule has 0 aliphatic carbocycles. The largest absolute Gasteiger partial charge is 0.504 e. The van der Waals surface area contributed by atoms with Crippen molar-refractivity contribution >= 4 is 23.3 Å². The second kappa shape index (κ2) is 6.56. The first kappa shape index (κ1) is 19.1. The van der Waals surface area contributed by atoms with Crippen LogP contribution in [0.3, 0.4) is 0 Å². The summed E-state index contributed by atoms with van der Waals surface area (Å²) in [6.07, 6.45) is -5.26. The Balaban J connectivity index is 2.59. The van der Waals surface area contributed by atoms with Crippen molar-refractivity contribution in [2.45, 2.75) is 24.9 Å². The van der Waals surface area contributed by atoms with Crippen LogP contribution in [-0.4, -0.2) is 44.9 Å². The van der Waals surface area contributed by atoms with Gasteiger partial charge in [-0.1, -0.05) is 6.07 Å². The van der Waals surface area contributed by atoms with Crippen LogP contribution >= 0.6 is 12.2 Å². The minimum atomic E-state index is -5.26. The number of nitrogens with one attached hydrogen (secondary N) is 2. The summed E-state index contributed by atoms with van der Waals surface area (Å²) in [6.45, 7) is 1.20. The Hall–Kier alpha value is -2.27. The second-order valence-electron chi connectivity index (χ2n) is 5.32. The van der Waals surface area contributed by atoms with E-state index in [-0.39, 0.29) is 12.2 Å². The topological polar surface area (TPSA) is 111 Å². The minimum absolute atomic E-state index is 0.0140. The average molecular weight is 380 g/mol. The van der Waals surface area contributed by atoms with Crippen molar-refractivity contribution in [3.63, 3.8) is 0 Å². The van der Waals surface area contributed by atoms with Crippen molar-refractivity contribution in [2.24, 2.45) is 5.92 Å². The van der Waals surface area contributed by atoms with Gasteiger partial charge < -0.3 is 30.7 Å². The molecule has 25 heavy (non-hydrogen) atoms. The first-order valence-corrected chi connectivity index (χ1v) is 7.48. The summed E-state index contributed by atoms with van der Waals surface area (Å²) < 4.78 is 45.1. The summed E-state index contributed by atoms with van der Waals surface area (Å²) in [6, 6.07) is 1.71. The molecule has 2 rings (SSSR count). The van der Waals surface area contributed by atoms with E-state index in [2.05, 4.69) is 10.1 Å². The van der Waals surface area contributed by atoms with E-state index in [0.717, 1.165) is 12.1 Å². The maximum Gasteiger partial charge on any atom is 0.437 e. The summed E-state index contributed by atoms with van der Waals surface area (Å²) in [7, 11) is 0. The van der Waals surface area contributed by atoms with E-state index in [0.29, 0.717) is 0 Å². The number of carbonyl (C=O) groups is 1. The third-order valence-electron chi connectivity index (χ3n) is 3.71. The van der Waals surface area contributed by atoms with Crippen molar-refractivity contribution in [3.05, 3.63) is 23.8 Å². The zero-order valence-corrected chi connectivity index (χ0v) is 13.6. The smallest absolute Gasteiger partial charge is 0.437 e. The number of aromatic hydroxyl groups is 2. The van der Waals surface area contributed by atoms with Gasteiger partial charge in [0.25, 0.3) is 5.72 Å². The normalized spacial score (nSPS) is 26.5. The fraction of sp³-hybridized carbons (Fsp3) is 0.429. The Labute approximate surface area is 145 Å². The second-order valence-corrected chi connectivity index (χ2v) is 5.73. The molecule has 0 bridgehead atoms. The summed E-state index contributed by atoms with van der Waals surface area (Å²) in [5, 5.41) is 32.8. The van der Waals surface area contributed by atoms with Crippen LogP contribution in [0.15, 0.2) is 18.2 Å². The fourth-order valence-electron chi connectivity index (χ4n) is 2.55. The number of aliphatic hydroxyl groups is 1. The Morgan fingerprint density at radius 1 is 1.36 bits per heavy atom. The van der Waals surface area contributed by atoms with Crippen LogP contribution < -0.4 is 10.6 Å². The maximum absolute atomic E-state index is 13.5. The maximum atomic E-state index is 13.5. The van der Waals surface area contributed by atoms with Crippen molar-refractivity contribution < 1.29 is 38.0 Å². The van der Waals surface area contributed by atoms with Crippen LogP contribution in [-0.2, 0) is 9.53 Å². The summed E-state index contributed by atoms with van der Waals surface area (Å²) in [5.41, 5.74) is -3.69. The first-order valence-electron chi connectivity index (χ1n) is 7.07. The molecule has 138 valence electrons. The summed E-state index contributed by atoms with van der Waals surface area (Å²) in [5.74, 6) is -4.59. The van der Waals surface area contributed by atoms with Gasteiger partial charge >= 0.3 is 12.1 Å². The van der Waals surface area contributed by atoms with E-state index >= 15 is 0 Å². The number of thiocarbonyl (C=S) groups is 1. The molecule has 1 heterocycles.